The van der Waals surface area contributed by atoms with Gasteiger partial charge in [0, 0.05) is 20.0 Å². The molecule has 0 spiro atoms. The molecular formula is C15H19N3O. The largest absolute Gasteiger partial charge is 0.441 e. The van der Waals surface area contributed by atoms with Gasteiger partial charge in [-0.1, -0.05) is 6.07 Å². The minimum atomic E-state index is -0.332. The highest BCUT2D eigenvalue weighted by molar-refractivity contribution is 5.73. The Morgan fingerprint density at radius 3 is 2.84 bits per heavy atom. The number of rotatable bonds is 4. The van der Waals surface area contributed by atoms with E-state index in [1.165, 1.54) is 5.56 Å². The highest BCUT2D eigenvalue weighted by Crippen LogP contribution is 2.19. The van der Waals surface area contributed by atoms with Crippen LogP contribution in [0.3, 0.4) is 0 Å². The van der Waals surface area contributed by atoms with Crippen LogP contribution < -0.4 is 0 Å². The van der Waals surface area contributed by atoms with Crippen LogP contribution >= 0.6 is 0 Å². The number of hydrogen-bond donors (Lipinski definition) is 0. The van der Waals surface area contributed by atoms with Gasteiger partial charge in [0.15, 0.2) is 11.5 Å². The first-order valence-corrected chi connectivity index (χ1v) is 6.35. The molecule has 19 heavy (non-hydrogen) atoms. The van der Waals surface area contributed by atoms with Crippen molar-refractivity contribution in [1.82, 2.24) is 9.88 Å². The van der Waals surface area contributed by atoms with Crippen LogP contribution in [0, 0.1) is 23.7 Å². The molecule has 0 amide bonds. The number of oxazole rings is 1. The molecule has 0 aliphatic heterocycles. The summed E-state index contributed by atoms with van der Waals surface area (Å²) in [5, 5.41) is 9.05. The molecule has 4 nitrogen and oxygen atoms in total. The van der Waals surface area contributed by atoms with Crippen molar-refractivity contribution in [2.24, 2.45) is 5.41 Å². The molecule has 0 aliphatic carbocycles. The third-order valence-corrected chi connectivity index (χ3v) is 2.98. The Balaban J connectivity index is 2.11. The topological polar surface area (TPSA) is 53.1 Å². The number of benzene rings is 1. The van der Waals surface area contributed by atoms with Crippen molar-refractivity contribution in [3.63, 3.8) is 0 Å². The number of aryl methyl sites for hydroxylation is 1. The van der Waals surface area contributed by atoms with Crippen LogP contribution in [-0.4, -0.2) is 23.5 Å². The van der Waals surface area contributed by atoms with Gasteiger partial charge in [-0.15, -0.1) is 0 Å². The SMILES string of the molecule is Cc1nc2ccc(CN(C)CC(C)(C)C#N)cc2o1. The molecule has 100 valence electrons. The van der Waals surface area contributed by atoms with Crippen LogP contribution in [0.25, 0.3) is 11.1 Å². The Hall–Kier alpha value is -1.86. The van der Waals surface area contributed by atoms with E-state index in [4.69, 9.17) is 9.68 Å². The molecular weight excluding hydrogens is 238 g/mol. The van der Waals surface area contributed by atoms with Gasteiger partial charge >= 0.3 is 0 Å². The van der Waals surface area contributed by atoms with Crippen molar-refractivity contribution in [1.29, 1.82) is 5.26 Å². The van der Waals surface area contributed by atoms with Crippen molar-refractivity contribution in [3.05, 3.63) is 29.7 Å². The first kappa shape index (κ1) is 13.6. The van der Waals surface area contributed by atoms with Crippen LogP contribution in [0.2, 0.25) is 0 Å². The number of fused-ring (bicyclic) bond motifs is 1. The first-order chi connectivity index (χ1) is 8.89. The number of hydrogen-bond acceptors (Lipinski definition) is 4. The fourth-order valence-electron chi connectivity index (χ4n) is 2.26. The monoisotopic (exact) mass is 257 g/mol. The van der Waals surface area contributed by atoms with Crippen LogP contribution in [0.4, 0.5) is 0 Å². The highest BCUT2D eigenvalue weighted by Gasteiger charge is 2.19. The summed E-state index contributed by atoms with van der Waals surface area (Å²) in [6.45, 7) is 7.28. The van der Waals surface area contributed by atoms with E-state index < -0.39 is 0 Å². The summed E-state index contributed by atoms with van der Waals surface area (Å²) in [5.41, 5.74) is 2.55. The second-order valence-corrected chi connectivity index (χ2v) is 5.70. The van der Waals surface area contributed by atoms with E-state index >= 15 is 0 Å². The molecule has 1 heterocycles. The third kappa shape index (κ3) is 3.33. The van der Waals surface area contributed by atoms with Crippen molar-refractivity contribution in [2.75, 3.05) is 13.6 Å². The predicted octanol–water partition coefficient (Wildman–Crippen LogP) is 3.12. The molecule has 0 radical (unpaired) electrons. The van der Waals surface area contributed by atoms with Crippen LogP contribution in [0.15, 0.2) is 22.6 Å². The van der Waals surface area contributed by atoms with Crippen LogP contribution in [0.1, 0.15) is 25.3 Å². The molecule has 4 heteroatoms. The second kappa shape index (κ2) is 5.02. The molecule has 0 saturated carbocycles. The van der Waals surface area contributed by atoms with Crippen LogP contribution in [0.5, 0.6) is 0 Å². The molecule has 2 rings (SSSR count). The van der Waals surface area contributed by atoms with E-state index in [1.807, 2.05) is 40.0 Å². The van der Waals surface area contributed by atoms with E-state index in [1.54, 1.807) is 0 Å². The van der Waals surface area contributed by atoms with Crippen molar-refractivity contribution in [2.45, 2.75) is 27.3 Å². The quantitative estimate of drug-likeness (QED) is 0.844. The normalized spacial score (nSPS) is 12.0. The lowest BCUT2D eigenvalue weighted by atomic mass is 9.95. The maximum Gasteiger partial charge on any atom is 0.192 e. The fourth-order valence-corrected chi connectivity index (χ4v) is 2.26. The van der Waals surface area contributed by atoms with E-state index in [0.29, 0.717) is 5.89 Å². The standard InChI is InChI=1S/C15H19N3O/c1-11-17-13-6-5-12(7-14(13)19-11)8-18(4)10-15(2,3)9-16/h5-7H,8,10H2,1-4H3. The smallest absolute Gasteiger partial charge is 0.192 e. The molecule has 0 aliphatic rings. The summed E-state index contributed by atoms with van der Waals surface area (Å²) >= 11 is 0. The Kier molecular flexibility index (Phi) is 3.59. The van der Waals surface area contributed by atoms with Crippen molar-refractivity contribution in [3.8, 4) is 6.07 Å². The average molecular weight is 257 g/mol. The van der Waals surface area contributed by atoms with Gasteiger partial charge in [0.2, 0.25) is 0 Å². The zero-order valence-corrected chi connectivity index (χ0v) is 11.9. The van der Waals surface area contributed by atoms with Crippen molar-refractivity contribution < 1.29 is 4.42 Å². The summed E-state index contributed by atoms with van der Waals surface area (Å²) in [6.07, 6.45) is 0. The molecule has 0 unspecified atom stereocenters. The second-order valence-electron chi connectivity index (χ2n) is 5.70. The minimum absolute atomic E-state index is 0.332. The fraction of sp³-hybridized carbons (Fsp3) is 0.467. The molecule has 0 fully saturated rings. The zero-order valence-electron chi connectivity index (χ0n) is 11.9. The van der Waals surface area contributed by atoms with Gasteiger partial charge in [0.05, 0.1) is 11.5 Å². The van der Waals surface area contributed by atoms with Gasteiger partial charge in [0.1, 0.15) is 5.52 Å². The van der Waals surface area contributed by atoms with E-state index in [-0.39, 0.29) is 5.41 Å². The lowest BCUT2D eigenvalue weighted by molar-refractivity contribution is 0.249. The summed E-state index contributed by atoms with van der Waals surface area (Å²) in [6, 6.07) is 8.37. The Labute approximate surface area is 113 Å². The summed E-state index contributed by atoms with van der Waals surface area (Å²) in [7, 11) is 2.02. The molecule has 1 aromatic heterocycles. The van der Waals surface area contributed by atoms with Gasteiger partial charge < -0.3 is 9.32 Å². The lowest BCUT2D eigenvalue weighted by Crippen LogP contribution is -2.29. The molecule has 1 aromatic carbocycles. The van der Waals surface area contributed by atoms with Gasteiger partial charge in [-0.2, -0.15) is 5.26 Å². The number of nitrogens with zero attached hydrogens (tertiary/aromatic N) is 3. The van der Waals surface area contributed by atoms with Crippen molar-refractivity contribution >= 4 is 11.1 Å². The summed E-state index contributed by atoms with van der Waals surface area (Å²) in [5.74, 6) is 0.686. The average Bonchev–Trinajstić information content (AvgIpc) is 2.67. The number of aromatic nitrogens is 1. The Morgan fingerprint density at radius 2 is 2.16 bits per heavy atom. The minimum Gasteiger partial charge on any atom is -0.441 e. The van der Waals surface area contributed by atoms with E-state index in [0.717, 1.165) is 24.2 Å². The Morgan fingerprint density at radius 1 is 1.42 bits per heavy atom. The Bertz CT molecular complexity index is 622. The highest BCUT2D eigenvalue weighted by atomic mass is 16.3. The third-order valence-electron chi connectivity index (χ3n) is 2.98. The van der Waals surface area contributed by atoms with E-state index in [9.17, 15) is 0 Å². The summed E-state index contributed by atoms with van der Waals surface area (Å²) in [4.78, 5) is 6.43. The van der Waals surface area contributed by atoms with Gasteiger partial charge in [-0.25, -0.2) is 4.98 Å². The molecule has 0 bridgehead atoms. The van der Waals surface area contributed by atoms with Gasteiger partial charge in [-0.3, -0.25) is 0 Å². The first-order valence-electron chi connectivity index (χ1n) is 6.35. The van der Waals surface area contributed by atoms with Gasteiger partial charge in [-0.05, 0) is 38.6 Å². The molecule has 0 atom stereocenters. The molecule has 0 saturated heterocycles. The van der Waals surface area contributed by atoms with Gasteiger partial charge in [0.25, 0.3) is 0 Å². The molecule has 0 N–H and O–H groups in total. The zero-order chi connectivity index (χ0) is 14.0. The number of nitriles is 1. The summed E-state index contributed by atoms with van der Waals surface area (Å²) < 4.78 is 5.53. The lowest BCUT2D eigenvalue weighted by Gasteiger charge is -2.24. The molecule has 2 aromatic rings. The van der Waals surface area contributed by atoms with Crippen LogP contribution in [-0.2, 0) is 6.54 Å². The van der Waals surface area contributed by atoms with E-state index in [2.05, 4.69) is 22.0 Å². The maximum atomic E-state index is 9.05. The predicted molar refractivity (Wildman–Crippen MR) is 74.5 cm³/mol. The maximum absolute atomic E-state index is 9.05.